The number of amides is 1. The normalized spacial score (nSPS) is 10.7. The number of anilines is 1. The maximum Gasteiger partial charge on any atom is 0.306 e. The van der Waals surface area contributed by atoms with Crippen LogP contribution in [0.15, 0.2) is 54.1 Å². The van der Waals surface area contributed by atoms with Crippen LogP contribution in [0.3, 0.4) is 0 Å². The molecule has 132 valence electrons. The SMILES string of the molecule is N#C/C(=C\c1ccc(OCCC(=O)O)cc1)C(=O)Nc1ccccc1Cl. The molecular weight excluding hydrogens is 356 g/mol. The van der Waals surface area contributed by atoms with Crippen molar-refractivity contribution in [1.82, 2.24) is 0 Å². The van der Waals surface area contributed by atoms with Crippen molar-refractivity contribution in [2.45, 2.75) is 6.42 Å². The van der Waals surface area contributed by atoms with Gasteiger partial charge in [-0.3, -0.25) is 9.59 Å². The molecule has 0 atom stereocenters. The summed E-state index contributed by atoms with van der Waals surface area (Å²) >= 11 is 5.99. The van der Waals surface area contributed by atoms with Crippen molar-refractivity contribution >= 4 is 35.2 Å². The minimum Gasteiger partial charge on any atom is -0.493 e. The lowest BCUT2D eigenvalue weighted by atomic mass is 10.1. The number of para-hydroxylation sites is 1. The number of carbonyl (C=O) groups excluding carboxylic acids is 1. The molecule has 0 radical (unpaired) electrons. The predicted octanol–water partition coefficient (Wildman–Crippen LogP) is 3.74. The molecule has 1 amide bonds. The van der Waals surface area contributed by atoms with Crippen molar-refractivity contribution in [3.63, 3.8) is 0 Å². The third-order valence-corrected chi connectivity index (χ3v) is 3.59. The van der Waals surface area contributed by atoms with E-state index in [2.05, 4.69) is 5.32 Å². The summed E-state index contributed by atoms with van der Waals surface area (Å²) in [6.45, 7) is 0.0637. The molecule has 0 saturated heterocycles. The number of carboxylic acid groups (broad SMARTS) is 1. The monoisotopic (exact) mass is 370 g/mol. The van der Waals surface area contributed by atoms with Crippen LogP contribution in [0.2, 0.25) is 5.02 Å². The third-order valence-electron chi connectivity index (χ3n) is 3.26. The highest BCUT2D eigenvalue weighted by molar-refractivity contribution is 6.34. The zero-order valence-corrected chi connectivity index (χ0v) is 14.4. The van der Waals surface area contributed by atoms with Crippen molar-refractivity contribution < 1.29 is 19.4 Å². The van der Waals surface area contributed by atoms with Gasteiger partial charge in [-0.1, -0.05) is 35.9 Å². The first-order valence-electron chi connectivity index (χ1n) is 7.62. The highest BCUT2D eigenvalue weighted by atomic mass is 35.5. The summed E-state index contributed by atoms with van der Waals surface area (Å²) in [6, 6.07) is 15.2. The van der Waals surface area contributed by atoms with Crippen LogP contribution in [0.5, 0.6) is 5.75 Å². The molecule has 0 aliphatic carbocycles. The number of hydrogen-bond donors (Lipinski definition) is 2. The molecule has 2 N–H and O–H groups in total. The summed E-state index contributed by atoms with van der Waals surface area (Å²) in [5.74, 6) is -1.00. The van der Waals surface area contributed by atoms with E-state index in [4.69, 9.17) is 21.4 Å². The molecule has 0 bridgehead atoms. The standard InChI is InChI=1S/C19H15ClN2O4/c20-16-3-1-2-4-17(16)22-19(25)14(12-21)11-13-5-7-15(8-6-13)26-10-9-18(23)24/h1-8,11H,9-10H2,(H,22,25)(H,23,24)/b14-11+. The Hall–Kier alpha value is -3.30. The molecule has 2 rings (SSSR count). The topological polar surface area (TPSA) is 99.4 Å². The summed E-state index contributed by atoms with van der Waals surface area (Å²) in [7, 11) is 0. The molecule has 0 aliphatic heterocycles. The van der Waals surface area contributed by atoms with Gasteiger partial charge in [0.1, 0.15) is 17.4 Å². The van der Waals surface area contributed by atoms with Gasteiger partial charge in [0, 0.05) is 0 Å². The highest BCUT2D eigenvalue weighted by Gasteiger charge is 2.11. The fraction of sp³-hybridized carbons (Fsp3) is 0.105. The Kier molecular flexibility index (Phi) is 6.77. The third kappa shape index (κ3) is 5.65. The van der Waals surface area contributed by atoms with E-state index in [0.717, 1.165) is 0 Å². The van der Waals surface area contributed by atoms with Gasteiger partial charge in [-0.15, -0.1) is 0 Å². The number of nitriles is 1. The maximum absolute atomic E-state index is 12.2. The van der Waals surface area contributed by atoms with Gasteiger partial charge in [0.25, 0.3) is 5.91 Å². The first-order valence-corrected chi connectivity index (χ1v) is 7.99. The first kappa shape index (κ1) is 19.0. The van der Waals surface area contributed by atoms with Crippen molar-refractivity contribution in [3.8, 4) is 11.8 Å². The lowest BCUT2D eigenvalue weighted by molar-refractivity contribution is -0.137. The molecule has 0 heterocycles. The Balaban J connectivity index is 2.06. The zero-order chi connectivity index (χ0) is 18.9. The van der Waals surface area contributed by atoms with E-state index in [1.165, 1.54) is 6.08 Å². The number of rotatable bonds is 7. The van der Waals surface area contributed by atoms with Crippen LogP contribution in [0, 0.1) is 11.3 Å². The summed E-state index contributed by atoms with van der Waals surface area (Å²) < 4.78 is 5.28. The molecule has 0 spiro atoms. The summed E-state index contributed by atoms with van der Waals surface area (Å²) in [5, 5.41) is 20.8. The van der Waals surface area contributed by atoms with Crippen LogP contribution in [0.25, 0.3) is 6.08 Å². The number of nitrogens with one attached hydrogen (secondary N) is 1. The number of nitrogens with zero attached hydrogens (tertiary/aromatic N) is 1. The Labute approximate surface area is 155 Å². The smallest absolute Gasteiger partial charge is 0.306 e. The predicted molar refractivity (Wildman–Crippen MR) is 97.9 cm³/mol. The molecule has 0 aromatic heterocycles. The van der Waals surface area contributed by atoms with Crippen LogP contribution in [-0.2, 0) is 9.59 Å². The molecule has 2 aromatic carbocycles. The quantitative estimate of drug-likeness (QED) is 0.571. The minimum absolute atomic E-state index is 0.0637. The Morgan fingerprint density at radius 1 is 1.19 bits per heavy atom. The van der Waals surface area contributed by atoms with Crippen molar-refractivity contribution in [2.75, 3.05) is 11.9 Å². The van der Waals surface area contributed by atoms with Gasteiger partial charge in [0.15, 0.2) is 0 Å². The second-order valence-electron chi connectivity index (χ2n) is 5.17. The molecule has 0 fully saturated rings. The van der Waals surface area contributed by atoms with Crippen molar-refractivity contribution in [3.05, 3.63) is 64.7 Å². The number of benzene rings is 2. The number of hydrogen-bond acceptors (Lipinski definition) is 4. The highest BCUT2D eigenvalue weighted by Crippen LogP contribution is 2.21. The number of carbonyl (C=O) groups is 2. The molecule has 0 unspecified atom stereocenters. The minimum atomic E-state index is -0.937. The average molecular weight is 371 g/mol. The molecule has 7 heteroatoms. The summed E-state index contributed by atoms with van der Waals surface area (Å²) in [6.07, 6.45) is 1.34. The Morgan fingerprint density at radius 2 is 1.88 bits per heavy atom. The number of ether oxygens (including phenoxy) is 1. The van der Waals surface area contributed by atoms with Gasteiger partial charge < -0.3 is 15.2 Å². The maximum atomic E-state index is 12.2. The van der Waals surface area contributed by atoms with E-state index in [9.17, 15) is 14.9 Å². The number of carboxylic acids is 1. The molecule has 0 aliphatic rings. The lowest BCUT2D eigenvalue weighted by Crippen LogP contribution is -2.13. The average Bonchev–Trinajstić information content (AvgIpc) is 2.62. The van der Waals surface area contributed by atoms with Gasteiger partial charge in [0.2, 0.25) is 0 Å². The summed E-state index contributed by atoms with van der Waals surface area (Å²) in [5.41, 5.74) is 0.966. The Bertz CT molecular complexity index is 870. The zero-order valence-electron chi connectivity index (χ0n) is 13.6. The molecule has 2 aromatic rings. The van der Waals surface area contributed by atoms with Gasteiger partial charge >= 0.3 is 5.97 Å². The fourth-order valence-corrected chi connectivity index (χ4v) is 2.17. The van der Waals surface area contributed by atoms with Crippen molar-refractivity contribution in [2.24, 2.45) is 0 Å². The van der Waals surface area contributed by atoms with E-state index >= 15 is 0 Å². The van der Waals surface area contributed by atoms with Crippen LogP contribution in [0.4, 0.5) is 5.69 Å². The van der Waals surface area contributed by atoms with E-state index < -0.39 is 11.9 Å². The lowest BCUT2D eigenvalue weighted by Gasteiger charge is -2.07. The fourth-order valence-electron chi connectivity index (χ4n) is 1.98. The van der Waals surface area contributed by atoms with E-state index in [1.807, 2.05) is 6.07 Å². The van der Waals surface area contributed by atoms with Gasteiger partial charge in [-0.2, -0.15) is 5.26 Å². The van der Waals surface area contributed by atoms with Crippen LogP contribution in [-0.4, -0.2) is 23.6 Å². The second kappa shape index (κ2) is 9.25. The number of aliphatic carboxylic acids is 1. The number of halogens is 1. The van der Waals surface area contributed by atoms with E-state index in [-0.39, 0.29) is 18.6 Å². The summed E-state index contributed by atoms with van der Waals surface area (Å²) in [4.78, 5) is 22.7. The van der Waals surface area contributed by atoms with Gasteiger partial charge in [-0.25, -0.2) is 0 Å². The van der Waals surface area contributed by atoms with Crippen LogP contribution >= 0.6 is 11.6 Å². The molecular formula is C19H15ClN2O4. The van der Waals surface area contributed by atoms with Crippen molar-refractivity contribution in [1.29, 1.82) is 5.26 Å². The first-order chi connectivity index (χ1) is 12.5. The molecule has 6 nitrogen and oxygen atoms in total. The van der Waals surface area contributed by atoms with Crippen LogP contribution < -0.4 is 10.1 Å². The van der Waals surface area contributed by atoms with Crippen LogP contribution in [0.1, 0.15) is 12.0 Å². The van der Waals surface area contributed by atoms with E-state index in [0.29, 0.717) is 22.0 Å². The van der Waals surface area contributed by atoms with Gasteiger partial charge in [-0.05, 0) is 35.9 Å². The second-order valence-corrected chi connectivity index (χ2v) is 5.57. The largest absolute Gasteiger partial charge is 0.493 e. The Morgan fingerprint density at radius 3 is 2.50 bits per heavy atom. The van der Waals surface area contributed by atoms with E-state index in [1.54, 1.807) is 48.5 Å². The molecule has 26 heavy (non-hydrogen) atoms. The van der Waals surface area contributed by atoms with Gasteiger partial charge in [0.05, 0.1) is 23.7 Å². The molecule has 0 saturated carbocycles.